The summed E-state index contributed by atoms with van der Waals surface area (Å²) in [5.41, 5.74) is 9.58. The summed E-state index contributed by atoms with van der Waals surface area (Å²) in [6.45, 7) is 2.04. The van der Waals surface area contributed by atoms with Gasteiger partial charge in [0.25, 0.3) is 0 Å². The molecule has 0 radical (unpaired) electrons. The van der Waals surface area contributed by atoms with Gasteiger partial charge in [-0.25, -0.2) is 0 Å². The van der Waals surface area contributed by atoms with E-state index in [1.54, 1.807) is 11.3 Å². The van der Waals surface area contributed by atoms with Gasteiger partial charge in [-0.15, -0.1) is 11.3 Å². The van der Waals surface area contributed by atoms with Crippen molar-refractivity contribution in [2.45, 2.75) is 13.0 Å². The molecule has 2 rings (SSSR count). The molecule has 0 saturated carbocycles. The minimum atomic E-state index is -0.161. The van der Waals surface area contributed by atoms with Gasteiger partial charge in [-0.3, -0.25) is 0 Å². The lowest BCUT2D eigenvalue weighted by molar-refractivity contribution is 0.862. The Balaban J connectivity index is 2.46. The van der Waals surface area contributed by atoms with Crippen molar-refractivity contribution in [3.8, 4) is 0 Å². The van der Waals surface area contributed by atoms with Crippen LogP contribution in [-0.2, 0) is 0 Å². The Hall–Kier alpha value is 0.130. The first-order valence-corrected chi connectivity index (χ1v) is 7.73. The van der Waals surface area contributed by atoms with Gasteiger partial charge in [0.05, 0.1) is 13.6 Å². The Labute approximate surface area is 126 Å². The molecule has 0 amide bonds. The molecule has 0 spiro atoms. The summed E-state index contributed by atoms with van der Waals surface area (Å²) in [6.07, 6.45) is 0. The Kier molecular flexibility index (Phi) is 4.31. The number of benzene rings is 1. The topological polar surface area (TPSA) is 26.0 Å². The van der Waals surface area contributed by atoms with Crippen molar-refractivity contribution in [3.05, 3.63) is 53.6 Å². The van der Waals surface area contributed by atoms with Crippen LogP contribution in [0.5, 0.6) is 0 Å². The van der Waals surface area contributed by atoms with Crippen molar-refractivity contribution >= 4 is 54.8 Å². The first kappa shape index (κ1) is 13.6. The van der Waals surface area contributed by atoms with Crippen molar-refractivity contribution in [3.63, 3.8) is 0 Å². The molecule has 1 nitrogen and oxygen atoms in total. The third-order valence-electron chi connectivity index (χ3n) is 2.59. The standard InChI is InChI=1S/C12H10Br2ClNS/c1-6-2-3-7(15)4-8(6)11(16)9-5-10(13)17-12(9)14/h2-5,11H,16H2,1H3. The van der Waals surface area contributed by atoms with E-state index in [1.807, 2.05) is 31.2 Å². The molecule has 0 aliphatic carbocycles. The summed E-state index contributed by atoms with van der Waals surface area (Å²) in [5, 5.41) is 0.714. The molecule has 90 valence electrons. The van der Waals surface area contributed by atoms with E-state index in [4.69, 9.17) is 17.3 Å². The fourth-order valence-corrected chi connectivity index (χ4v) is 4.79. The van der Waals surface area contributed by atoms with E-state index >= 15 is 0 Å². The number of thiophene rings is 1. The van der Waals surface area contributed by atoms with Gasteiger partial charge in [-0.1, -0.05) is 17.7 Å². The van der Waals surface area contributed by atoms with Crippen molar-refractivity contribution < 1.29 is 0 Å². The van der Waals surface area contributed by atoms with E-state index in [1.165, 1.54) is 0 Å². The number of nitrogens with two attached hydrogens (primary N) is 1. The summed E-state index contributed by atoms with van der Waals surface area (Å²) in [5.74, 6) is 0. The highest BCUT2D eigenvalue weighted by Crippen LogP contribution is 2.37. The molecule has 17 heavy (non-hydrogen) atoms. The van der Waals surface area contributed by atoms with Gasteiger partial charge in [-0.05, 0) is 73.7 Å². The number of hydrogen-bond acceptors (Lipinski definition) is 2. The molecule has 2 N–H and O–H groups in total. The zero-order valence-electron chi connectivity index (χ0n) is 9.01. The molecule has 0 fully saturated rings. The lowest BCUT2D eigenvalue weighted by Crippen LogP contribution is -2.12. The fourth-order valence-electron chi connectivity index (χ4n) is 1.68. The predicted molar refractivity (Wildman–Crippen MR) is 81.9 cm³/mol. The summed E-state index contributed by atoms with van der Waals surface area (Å²) in [6, 6.07) is 7.68. The van der Waals surface area contributed by atoms with Crippen LogP contribution in [0.25, 0.3) is 0 Å². The van der Waals surface area contributed by atoms with Crippen LogP contribution in [0.3, 0.4) is 0 Å². The third kappa shape index (κ3) is 2.93. The maximum atomic E-state index is 6.30. The third-order valence-corrected chi connectivity index (χ3v) is 5.22. The van der Waals surface area contributed by atoms with E-state index in [-0.39, 0.29) is 6.04 Å². The van der Waals surface area contributed by atoms with E-state index in [0.717, 1.165) is 24.3 Å². The van der Waals surface area contributed by atoms with Gasteiger partial charge in [0, 0.05) is 5.02 Å². The summed E-state index contributed by atoms with van der Waals surface area (Å²) < 4.78 is 2.12. The van der Waals surface area contributed by atoms with Crippen LogP contribution in [0.1, 0.15) is 22.7 Å². The molecule has 1 unspecified atom stereocenters. The van der Waals surface area contributed by atoms with Gasteiger partial charge < -0.3 is 5.73 Å². The highest BCUT2D eigenvalue weighted by molar-refractivity contribution is 9.12. The lowest BCUT2D eigenvalue weighted by Gasteiger charge is -2.14. The summed E-state index contributed by atoms with van der Waals surface area (Å²) >= 11 is 14.6. The first-order chi connectivity index (χ1) is 7.99. The minimum absolute atomic E-state index is 0.161. The number of hydrogen-bond donors (Lipinski definition) is 1. The molecule has 2 aromatic rings. The van der Waals surface area contributed by atoms with Crippen molar-refractivity contribution in [1.82, 2.24) is 0 Å². The van der Waals surface area contributed by atoms with Crippen molar-refractivity contribution in [2.75, 3.05) is 0 Å². The van der Waals surface area contributed by atoms with Gasteiger partial charge in [0.1, 0.15) is 0 Å². The SMILES string of the molecule is Cc1ccc(Cl)cc1C(N)c1cc(Br)sc1Br. The van der Waals surface area contributed by atoms with Gasteiger partial charge in [0.15, 0.2) is 0 Å². The Bertz CT molecular complexity index is 553. The summed E-state index contributed by atoms with van der Waals surface area (Å²) in [4.78, 5) is 0. The van der Waals surface area contributed by atoms with Gasteiger partial charge >= 0.3 is 0 Å². The largest absolute Gasteiger partial charge is 0.320 e. The highest BCUT2D eigenvalue weighted by atomic mass is 79.9. The molecular formula is C12H10Br2ClNS. The molecule has 0 bridgehead atoms. The Morgan fingerprint density at radius 1 is 1.24 bits per heavy atom. The predicted octanol–water partition coefficient (Wildman–Crippen LogP) is 5.28. The molecule has 1 atom stereocenters. The maximum absolute atomic E-state index is 6.30. The quantitative estimate of drug-likeness (QED) is 0.735. The average Bonchev–Trinajstić information content (AvgIpc) is 2.60. The maximum Gasteiger partial charge on any atom is 0.0761 e. The molecule has 1 heterocycles. The van der Waals surface area contributed by atoms with E-state index in [9.17, 15) is 0 Å². The zero-order valence-corrected chi connectivity index (χ0v) is 13.8. The van der Waals surface area contributed by atoms with Crippen LogP contribution in [0.2, 0.25) is 5.02 Å². The van der Waals surface area contributed by atoms with E-state index in [0.29, 0.717) is 5.02 Å². The molecule has 0 aliphatic heterocycles. The summed E-state index contributed by atoms with van der Waals surface area (Å²) in [7, 11) is 0. The molecule has 0 aliphatic rings. The van der Waals surface area contributed by atoms with Crippen LogP contribution in [0, 0.1) is 6.92 Å². The number of halogens is 3. The molecule has 1 aromatic heterocycles. The molecule has 0 saturated heterocycles. The number of aryl methyl sites for hydroxylation is 1. The van der Waals surface area contributed by atoms with Crippen molar-refractivity contribution in [2.24, 2.45) is 5.73 Å². The van der Waals surface area contributed by atoms with Crippen LogP contribution in [-0.4, -0.2) is 0 Å². The van der Waals surface area contributed by atoms with Crippen LogP contribution in [0.15, 0.2) is 31.8 Å². The van der Waals surface area contributed by atoms with E-state index in [2.05, 4.69) is 31.9 Å². The number of rotatable bonds is 2. The zero-order chi connectivity index (χ0) is 12.6. The van der Waals surface area contributed by atoms with Crippen LogP contribution >= 0.6 is 54.8 Å². The van der Waals surface area contributed by atoms with Crippen LogP contribution in [0.4, 0.5) is 0 Å². The molecule has 1 aromatic carbocycles. The Morgan fingerprint density at radius 3 is 2.53 bits per heavy atom. The lowest BCUT2D eigenvalue weighted by atomic mass is 9.98. The minimum Gasteiger partial charge on any atom is -0.320 e. The van der Waals surface area contributed by atoms with Gasteiger partial charge in [0.2, 0.25) is 0 Å². The first-order valence-electron chi connectivity index (χ1n) is 4.95. The second kappa shape index (κ2) is 5.41. The normalized spacial score (nSPS) is 12.8. The van der Waals surface area contributed by atoms with Crippen molar-refractivity contribution in [1.29, 1.82) is 0 Å². The van der Waals surface area contributed by atoms with Crippen LogP contribution < -0.4 is 5.73 Å². The monoisotopic (exact) mass is 393 g/mol. The second-order valence-electron chi connectivity index (χ2n) is 3.76. The highest BCUT2D eigenvalue weighted by Gasteiger charge is 2.17. The molecular weight excluding hydrogens is 385 g/mol. The molecule has 5 heteroatoms. The second-order valence-corrected chi connectivity index (χ2v) is 7.94. The smallest absolute Gasteiger partial charge is 0.0761 e. The van der Waals surface area contributed by atoms with Gasteiger partial charge in [-0.2, -0.15) is 0 Å². The average molecular weight is 396 g/mol. The Morgan fingerprint density at radius 2 is 1.94 bits per heavy atom. The van der Waals surface area contributed by atoms with E-state index < -0.39 is 0 Å². The fraction of sp³-hybridized carbons (Fsp3) is 0.167.